The molecule has 0 atom stereocenters. The summed E-state index contributed by atoms with van der Waals surface area (Å²) in [5.41, 5.74) is 3.25. The highest BCUT2D eigenvalue weighted by atomic mass is 35.5. The van der Waals surface area contributed by atoms with E-state index in [9.17, 15) is 10.1 Å². The van der Waals surface area contributed by atoms with Crippen molar-refractivity contribution in [3.63, 3.8) is 0 Å². The predicted molar refractivity (Wildman–Crippen MR) is 93.3 cm³/mol. The van der Waals surface area contributed by atoms with Gasteiger partial charge in [-0.1, -0.05) is 35.4 Å². The standard InChI is InChI=1S/C18H16ClN3O/c1-12-6-8-15(9-7-12)21-11-14(10-20)18(23)22-17-5-3-4-16(19)13(17)2/h3-9,11,21H,1-2H3,(H,22,23)/b14-11-. The molecule has 0 radical (unpaired) electrons. The van der Waals surface area contributed by atoms with Crippen LogP contribution < -0.4 is 10.6 Å². The Kier molecular flexibility index (Phi) is 5.40. The Morgan fingerprint density at radius 3 is 2.52 bits per heavy atom. The Hall–Kier alpha value is -2.77. The van der Waals surface area contributed by atoms with Crippen molar-refractivity contribution in [3.8, 4) is 6.07 Å². The molecule has 2 rings (SSSR count). The van der Waals surface area contributed by atoms with Gasteiger partial charge in [0, 0.05) is 22.6 Å². The van der Waals surface area contributed by atoms with E-state index in [0.717, 1.165) is 16.8 Å². The first kappa shape index (κ1) is 16.6. The quantitative estimate of drug-likeness (QED) is 0.646. The average molecular weight is 326 g/mol. The second-order valence-corrected chi connectivity index (χ2v) is 5.45. The van der Waals surface area contributed by atoms with Crippen LogP contribution in [0, 0.1) is 25.2 Å². The molecule has 0 saturated heterocycles. The number of carbonyl (C=O) groups excluding carboxylic acids is 1. The van der Waals surface area contributed by atoms with Crippen LogP contribution in [-0.2, 0) is 4.79 Å². The number of halogens is 1. The first-order valence-electron chi connectivity index (χ1n) is 7.01. The lowest BCUT2D eigenvalue weighted by Gasteiger charge is -2.09. The van der Waals surface area contributed by atoms with Gasteiger partial charge in [-0.2, -0.15) is 5.26 Å². The van der Waals surface area contributed by atoms with E-state index in [0.29, 0.717) is 10.7 Å². The van der Waals surface area contributed by atoms with Crippen molar-refractivity contribution in [2.24, 2.45) is 0 Å². The number of aryl methyl sites for hydroxylation is 1. The van der Waals surface area contributed by atoms with Crippen molar-refractivity contribution in [1.29, 1.82) is 5.26 Å². The highest BCUT2D eigenvalue weighted by Crippen LogP contribution is 2.23. The van der Waals surface area contributed by atoms with Gasteiger partial charge in [0.2, 0.25) is 0 Å². The molecule has 2 aromatic rings. The third-order valence-electron chi connectivity index (χ3n) is 3.32. The molecule has 0 saturated carbocycles. The van der Waals surface area contributed by atoms with Crippen molar-refractivity contribution in [3.05, 3.63) is 70.4 Å². The minimum atomic E-state index is -0.488. The van der Waals surface area contributed by atoms with Gasteiger partial charge in [-0.3, -0.25) is 4.79 Å². The van der Waals surface area contributed by atoms with Gasteiger partial charge in [-0.05, 0) is 43.7 Å². The maximum atomic E-state index is 12.2. The molecule has 4 nitrogen and oxygen atoms in total. The van der Waals surface area contributed by atoms with Crippen molar-refractivity contribution >= 4 is 28.9 Å². The van der Waals surface area contributed by atoms with Crippen molar-refractivity contribution in [2.75, 3.05) is 10.6 Å². The lowest BCUT2D eigenvalue weighted by atomic mass is 10.2. The molecule has 0 bridgehead atoms. The van der Waals surface area contributed by atoms with Crippen molar-refractivity contribution in [1.82, 2.24) is 0 Å². The normalized spacial score (nSPS) is 10.8. The zero-order chi connectivity index (χ0) is 16.8. The molecule has 0 heterocycles. The molecular formula is C18H16ClN3O. The van der Waals surface area contributed by atoms with Gasteiger partial charge in [0.1, 0.15) is 11.6 Å². The molecule has 0 aliphatic rings. The number of hydrogen-bond acceptors (Lipinski definition) is 3. The molecule has 0 aliphatic carbocycles. The first-order valence-corrected chi connectivity index (χ1v) is 7.39. The zero-order valence-electron chi connectivity index (χ0n) is 12.9. The summed E-state index contributed by atoms with van der Waals surface area (Å²) in [6, 6.07) is 14.7. The molecule has 2 N–H and O–H groups in total. The monoisotopic (exact) mass is 325 g/mol. The third-order valence-corrected chi connectivity index (χ3v) is 3.73. The van der Waals surface area contributed by atoms with Crippen LogP contribution in [0.25, 0.3) is 0 Å². The highest BCUT2D eigenvalue weighted by molar-refractivity contribution is 6.31. The fourth-order valence-corrected chi connectivity index (χ4v) is 2.06. The van der Waals surface area contributed by atoms with Crippen LogP contribution in [0.4, 0.5) is 11.4 Å². The minimum Gasteiger partial charge on any atom is -0.360 e. The van der Waals surface area contributed by atoms with Crippen LogP contribution in [0.2, 0.25) is 5.02 Å². The van der Waals surface area contributed by atoms with Crippen molar-refractivity contribution < 1.29 is 4.79 Å². The number of amides is 1. The topological polar surface area (TPSA) is 64.9 Å². The Bertz CT molecular complexity index is 789. The lowest BCUT2D eigenvalue weighted by molar-refractivity contribution is -0.112. The molecule has 0 aromatic heterocycles. The molecule has 23 heavy (non-hydrogen) atoms. The minimum absolute atomic E-state index is 0.0232. The van der Waals surface area contributed by atoms with E-state index in [4.69, 9.17) is 11.6 Å². The Morgan fingerprint density at radius 1 is 1.17 bits per heavy atom. The number of nitrogens with one attached hydrogen (secondary N) is 2. The maximum absolute atomic E-state index is 12.2. The second-order valence-electron chi connectivity index (χ2n) is 5.05. The number of carbonyl (C=O) groups is 1. The number of benzene rings is 2. The molecule has 0 spiro atoms. The van der Waals surface area contributed by atoms with E-state index in [2.05, 4.69) is 10.6 Å². The van der Waals surface area contributed by atoms with E-state index in [1.807, 2.05) is 37.3 Å². The van der Waals surface area contributed by atoms with Gasteiger partial charge in [-0.25, -0.2) is 0 Å². The van der Waals surface area contributed by atoms with Gasteiger partial charge in [0.15, 0.2) is 0 Å². The molecule has 116 valence electrons. The fourth-order valence-electron chi connectivity index (χ4n) is 1.89. The van der Waals surface area contributed by atoms with E-state index in [1.54, 1.807) is 25.1 Å². The van der Waals surface area contributed by atoms with Crippen LogP contribution in [0.15, 0.2) is 54.2 Å². The summed E-state index contributed by atoms with van der Waals surface area (Å²) in [7, 11) is 0. The predicted octanol–water partition coefficient (Wildman–Crippen LogP) is 4.41. The van der Waals surface area contributed by atoms with Crippen molar-refractivity contribution in [2.45, 2.75) is 13.8 Å². The van der Waals surface area contributed by atoms with Crippen LogP contribution >= 0.6 is 11.6 Å². The summed E-state index contributed by atoms with van der Waals surface area (Å²) >= 11 is 6.02. The number of nitriles is 1. The number of anilines is 2. The van der Waals surface area contributed by atoms with E-state index in [-0.39, 0.29) is 5.57 Å². The molecule has 2 aromatic carbocycles. The van der Waals surface area contributed by atoms with Gasteiger partial charge < -0.3 is 10.6 Å². The van der Waals surface area contributed by atoms with E-state index in [1.165, 1.54) is 6.20 Å². The summed E-state index contributed by atoms with van der Waals surface area (Å²) in [4.78, 5) is 12.2. The second kappa shape index (κ2) is 7.48. The Balaban J connectivity index is 2.12. The highest BCUT2D eigenvalue weighted by Gasteiger charge is 2.11. The summed E-state index contributed by atoms with van der Waals surface area (Å²) < 4.78 is 0. The van der Waals surface area contributed by atoms with Crippen LogP contribution in [0.1, 0.15) is 11.1 Å². The van der Waals surface area contributed by atoms with Crippen LogP contribution in [0.5, 0.6) is 0 Å². The zero-order valence-corrected chi connectivity index (χ0v) is 13.6. The van der Waals surface area contributed by atoms with Gasteiger partial charge in [-0.15, -0.1) is 0 Å². The van der Waals surface area contributed by atoms with Crippen LogP contribution in [-0.4, -0.2) is 5.91 Å². The van der Waals surface area contributed by atoms with Gasteiger partial charge in [0.05, 0.1) is 0 Å². The van der Waals surface area contributed by atoms with Gasteiger partial charge >= 0.3 is 0 Å². The maximum Gasteiger partial charge on any atom is 0.267 e. The largest absolute Gasteiger partial charge is 0.360 e. The lowest BCUT2D eigenvalue weighted by Crippen LogP contribution is -2.15. The third kappa shape index (κ3) is 4.35. The first-order chi connectivity index (χ1) is 11.0. The molecule has 0 unspecified atom stereocenters. The van der Waals surface area contributed by atoms with Gasteiger partial charge in [0.25, 0.3) is 5.91 Å². The average Bonchev–Trinajstić information content (AvgIpc) is 2.54. The summed E-state index contributed by atoms with van der Waals surface area (Å²) in [5.74, 6) is -0.488. The molecular weight excluding hydrogens is 310 g/mol. The Labute approximate surface area is 140 Å². The number of rotatable bonds is 4. The molecule has 0 fully saturated rings. The molecule has 5 heteroatoms. The summed E-state index contributed by atoms with van der Waals surface area (Å²) in [5, 5.41) is 15.4. The van der Waals surface area contributed by atoms with E-state index >= 15 is 0 Å². The fraction of sp³-hybridized carbons (Fsp3) is 0.111. The smallest absolute Gasteiger partial charge is 0.267 e. The Morgan fingerprint density at radius 2 is 1.87 bits per heavy atom. The summed E-state index contributed by atoms with van der Waals surface area (Å²) in [6.07, 6.45) is 1.39. The number of hydrogen-bond donors (Lipinski definition) is 2. The molecule has 0 aliphatic heterocycles. The van der Waals surface area contributed by atoms with E-state index < -0.39 is 5.91 Å². The SMILES string of the molecule is Cc1ccc(N/C=C(/C#N)C(=O)Nc2cccc(Cl)c2C)cc1. The van der Waals surface area contributed by atoms with Crippen LogP contribution in [0.3, 0.4) is 0 Å². The molecule has 1 amide bonds. The number of nitrogens with zero attached hydrogens (tertiary/aromatic N) is 1. The summed E-state index contributed by atoms with van der Waals surface area (Å²) in [6.45, 7) is 3.79.